The Hall–Kier alpha value is -0.570. The van der Waals surface area contributed by atoms with Crippen LogP contribution in [-0.4, -0.2) is 37.1 Å². The van der Waals surface area contributed by atoms with Crippen molar-refractivity contribution in [2.75, 3.05) is 14.2 Å². The number of rotatable bonds is 5. The number of ether oxygens (including phenoxy) is 1. The zero-order valence-corrected chi connectivity index (χ0v) is 10.2. The number of carbonyl (C=O) groups is 1. The fourth-order valence-electron chi connectivity index (χ4n) is 1.57. The number of nitrogens with zero attached hydrogens (tertiary/aromatic N) is 1. The van der Waals surface area contributed by atoms with E-state index >= 15 is 0 Å². The van der Waals surface area contributed by atoms with E-state index < -0.39 is 0 Å². The van der Waals surface area contributed by atoms with Gasteiger partial charge in [0.1, 0.15) is 6.04 Å². The molecule has 0 fully saturated rings. The third kappa shape index (κ3) is 4.09. The molecule has 3 heteroatoms. The first-order chi connectivity index (χ1) is 6.40. The van der Waals surface area contributed by atoms with Gasteiger partial charge in [-0.2, -0.15) is 0 Å². The molecule has 2 unspecified atom stereocenters. The minimum Gasteiger partial charge on any atom is -0.468 e. The van der Waals surface area contributed by atoms with Crippen LogP contribution in [0.2, 0.25) is 0 Å². The normalized spacial score (nSPS) is 15.7. The lowest BCUT2D eigenvalue weighted by molar-refractivity contribution is -0.146. The molecule has 0 aromatic heterocycles. The number of hydrogen-bond donors (Lipinski definition) is 0. The molecule has 0 rings (SSSR count). The topological polar surface area (TPSA) is 29.5 Å². The summed E-state index contributed by atoms with van der Waals surface area (Å²) in [5.74, 6) is 0.486. The Kier molecular flexibility index (Phi) is 5.77. The van der Waals surface area contributed by atoms with Gasteiger partial charge < -0.3 is 4.74 Å². The summed E-state index contributed by atoms with van der Waals surface area (Å²) in [4.78, 5) is 13.3. The largest absolute Gasteiger partial charge is 0.468 e. The third-order valence-corrected chi connectivity index (χ3v) is 2.66. The summed E-state index contributed by atoms with van der Waals surface area (Å²) < 4.78 is 4.71. The van der Waals surface area contributed by atoms with Crippen molar-refractivity contribution in [2.45, 2.75) is 46.2 Å². The van der Waals surface area contributed by atoms with Crippen LogP contribution in [0.5, 0.6) is 0 Å². The number of carbonyl (C=O) groups excluding carboxylic acids is 1. The number of likely N-dealkylation sites (N-methyl/N-ethyl adjacent to an activating group) is 1. The fourth-order valence-corrected chi connectivity index (χ4v) is 1.57. The molecule has 0 N–H and O–H groups in total. The van der Waals surface area contributed by atoms with Crippen molar-refractivity contribution in [2.24, 2.45) is 5.92 Å². The zero-order valence-electron chi connectivity index (χ0n) is 10.2. The van der Waals surface area contributed by atoms with E-state index in [0.29, 0.717) is 12.0 Å². The molecule has 0 spiro atoms. The molecule has 0 bridgehead atoms. The molecule has 0 aliphatic rings. The molecule has 0 saturated carbocycles. The molecular weight excluding hydrogens is 178 g/mol. The molecule has 0 radical (unpaired) electrons. The quantitative estimate of drug-likeness (QED) is 0.636. The summed E-state index contributed by atoms with van der Waals surface area (Å²) in [5, 5.41) is 0. The summed E-state index contributed by atoms with van der Waals surface area (Å²) in [6.45, 7) is 8.39. The van der Waals surface area contributed by atoms with Crippen LogP contribution in [0.15, 0.2) is 0 Å². The van der Waals surface area contributed by atoms with Crippen molar-refractivity contribution >= 4 is 5.97 Å². The monoisotopic (exact) mass is 201 g/mol. The lowest BCUT2D eigenvalue weighted by Gasteiger charge is -2.30. The highest BCUT2D eigenvalue weighted by molar-refractivity contribution is 5.75. The summed E-state index contributed by atoms with van der Waals surface area (Å²) in [6, 6.07) is 0.248. The Labute approximate surface area is 87.4 Å². The van der Waals surface area contributed by atoms with Crippen LogP contribution in [0.1, 0.15) is 34.1 Å². The predicted octanol–water partition coefficient (Wildman–Crippen LogP) is 1.91. The van der Waals surface area contributed by atoms with E-state index in [1.807, 2.05) is 14.0 Å². The van der Waals surface area contributed by atoms with Gasteiger partial charge in [0, 0.05) is 6.04 Å². The molecule has 0 aromatic rings. The Balaban J connectivity index is 4.16. The van der Waals surface area contributed by atoms with E-state index in [-0.39, 0.29) is 12.0 Å². The predicted molar refractivity (Wildman–Crippen MR) is 58.2 cm³/mol. The van der Waals surface area contributed by atoms with Gasteiger partial charge in [-0.05, 0) is 33.2 Å². The highest BCUT2D eigenvalue weighted by atomic mass is 16.5. The van der Waals surface area contributed by atoms with Crippen molar-refractivity contribution in [1.29, 1.82) is 0 Å². The zero-order chi connectivity index (χ0) is 11.3. The van der Waals surface area contributed by atoms with Crippen LogP contribution in [0.3, 0.4) is 0 Å². The van der Waals surface area contributed by atoms with Gasteiger partial charge >= 0.3 is 5.97 Å². The number of hydrogen-bond acceptors (Lipinski definition) is 3. The van der Waals surface area contributed by atoms with Crippen molar-refractivity contribution in [3.63, 3.8) is 0 Å². The van der Waals surface area contributed by atoms with Crippen LogP contribution >= 0.6 is 0 Å². The van der Waals surface area contributed by atoms with E-state index in [9.17, 15) is 4.79 Å². The van der Waals surface area contributed by atoms with Crippen LogP contribution in [0.25, 0.3) is 0 Å². The molecule has 0 heterocycles. The lowest BCUT2D eigenvalue weighted by Crippen LogP contribution is -2.42. The third-order valence-electron chi connectivity index (χ3n) is 2.66. The van der Waals surface area contributed by atoms with Gasteiger partial charge in [-0.15, -0.1) is 0 Å². The van der Waals surface area contributed by atoms with Gasteiger partial charge in [-0.1, -0.05) is 13.8 Å². The van der Waals surface area contributed by atoms with Crippen LogP contribution in [-0.2, 0) is 9.53 Å². The molecule has 14 heavy (non-hydrogen) atoms. The molecule has 84 valence electrons. The summed E-state index contributed by atoms with van der Waals surface area (Å²) >= 11 is 0. The van der Waals surface area contributed by atoms with Crippen molar-refractivity contribution in [1.82, 2.24) is 4.90 Å². The Morgan fingerprint density at radius 2 is 1.79 bits per heavy atom. The molecule has 2 atom stereocenters. The summed E-state index contributed by atoms with van der Waals surface area (Å²) in [7, 11) is 3.40. The van der Waals surface area contributed by atoms with Gasteiger partial charge in [-0.3, -0.25) is 9.69 Å². The Bertz CT molecular complexity index is 180. The summed E-state index contributed by atoms with van der Waals surface area (Å²) in [5.41, 5.74) is 0. The first-order valence-corrected chi connectivity index (χ1v) is 5.19. The maximum absolute atomic E-state index is 11.3. The van der Waals surface area contributed by atoms with Gasteiger partial charge in [0.05, 0.1) is 7.11 Å². The molecule has 0 saturated heterocycles. The molecule has 3 nitrogen and oxygen atoms in total. The highest BCUT2D eigenvalue weighted by Gasteiger charge is 2.22. The standard InChI is InChI=1S/C11H23NO2/c1-8(2)7-9(3)12(5)10(4)11(13)14-6/h8-10H,7H2,1-6H3. The van der Waals surface area contributed by atoms with E-state index in [4.69, 9.17) is 4.74 Å². The molecular formula is C11H23NO2. The molecule has 0 aliphatic heterocycles. The van der Waals surface area contributed by atoms with E-state index in [0.717, 1.165) is 6.42 Å². The second-order valence-electron chi connectivity index (χ2n) is 4.34. The second kappa shape index (κ2) is 6.02. The molecule has 0 aliphatic carbocycles. The second-order valence-corrected chi connectivity index (χ2v) is 4.34. The average Bonchev–Trinajstić information content (AvgIpc) is 2.13. The van der Waals surface area contributed by atoms with Crippen molar-refractivity contribution in [3.8, 4) is 0 Å². The summed E-state index contributed by atoms with van der Waals surface area (Å²) in [6.07, 6.45) is 1.10. The average molecular weight is 201 g/mol. The van der Waals surface area contributed by atoms with E-state index in [1.54, 1.807) is 0 Å². The Morgan fingerprint density at radius 1 is 1.29 bits per heavy atom. The SMILES string of the molecule is COC(=O)C(C)N(C)C(C)CC(C)C. The Morgan fingerprint density at radius 3 is 2.14 bits per heavy atom. The minimum absolute atomic E-state index is 0.159. The van der Waals surface area contributed by atoms with Crippen molar-refractivity contribution in [3.05, 3.63) is 0 Å². The number of esters is 1. The first-order valence-electron chi connectivity index (χ1n) is 5.19. The maximum Gasteiger partial charge on any atom is 0.322 e. The van der Waals surface area contributed by atoms with Crippen LogP contribution in [0.4, 0.5) is 0 Å². The van der Waals surface area contributed by atoms with Crippen LogP contribution < -0.4 is 0 Å². The van der Waals surface area contributed by atoms with Gasteiger partial charge in [0.15, 0.2) is 0 Å². The first kappa shape index (κ1) is 13.4. The van der Waals surface area contributed by atoms with Gasteiger partial charge in [0.2, 0.25) is 0 Å². The smallest absolute Gasteiger partial charge is 0.322 e. The van der Waals surface area contributed by atoms with Gasteiger partial charge in [-0.25, -0.2) is 0 Å². The van der Waals surface area contributed by atoms with Crippen molar-refractivity contribution < 1.29 is 9.53 Å². The molecule has 0 aromatic carbocycles. The minimum atomic E-state index is -0.164. The number of methoxy groups -OCH3 is 1. The van der Waals surface area contributed by atoms with E-state index in [1.165, 1.54) is 7.11 Å². The maximum atomic E-state index is 11.3. The lowest BCUT2D eigenvalue weighted by atomic mass is 10.0. The fraction of sp³-hybridized carbons (Fsp3) is 0.909. The van der Waals surface area contributed by atoms with Crippen LogP contribution in [0, 0.1) is 5.92 Å². The van der Waals surface area contributed by atoms with Gasteiger partial charge in [0.25, 0.3) is 0 Å². The highest BCUT2D eigenvalue weighted by Crippen LogP contribution is 2.12. The van der Waals surface area contributed by atoms with E-state index in [2.05, 4.69) is 25.7 Å². The molecule has 0 amide bonds.